The van der Waals surface area contributed by atoms with Crippen LogP contribution in [0, 0.1) is 5.92 Å². The average molecular weight is 343 g/mol. The van der Waals surface area contributed by atoms with Gasteiger partial charge in [0.1, 0.15) is 11.5 Å². The van der Waals surface area contributed by atoms with Crippen LogP contribution in [-0.2, 0) is 0 Å². The summed E-state index contributed by atoms with van der Waals surface area (Å²) in [6, 6.07) is 11.0. The van der Waals surface area contributed by atoms with Gasteiger partial charge >= 0.3 is 5.97 Å². The van der Waals surface area contributed by atoms with Gasteiger partial charge in [0.05, 0.1) is 25.0 Å². The maximum Gasteiger partial charge on any atom is 0.335 e. The standard InChI is InChI=1S/C19H21NO5/c1-12(2)11-25-15-7-4-13(5-8-15)18(21)20-16-10-14(19(22)23)6-9-17(16)24-3/h4-10,12H,11H2,1-3H3,(H,20,21)(H,22,23). The molecule has 2 aromatic rings. The van der Waals surface area contributed by atoms with E-state index in [1.165, 1.54) is 25.3 Å². The first kappa shape index (κ1) is 18.3. The first-order valence-electron chi connectivity index (χ1n) is 7.86. The Hall–Kier alpha value is -3.02. The highest BCUT2D eigenvalue weighted by Crippen LogP contribution is 2.26. The largest absolute Gasteiger partial charge is 0.495 e. The van der Waals surface area contributed by atoms with Gasteiger partial charge in [-0.25, -0.2) is 4.79 Å². The van der Waals surface area contributed by atoms with Crippen LogP contribution >= 0.6 is 0 Å². The van der Waals surface area contributed by atoms with E-state index in [0.29, 0.717) is 35.3 Å². The van der Waals surface area contributed by atoms with Crippen LogP contribution in [0.4, 0.5) is 5.69 Å². The fourth-order valence-corrected chi connectivity index (χ4v) is 2.10. The van der Waals surface area contributed by atoms with Crippen molar-refractivity contribution in [3.05, 3.63) is 53.6 Å². The van der Waals surface area contributed by atoms with E-state index in [1.54, 1.807) is 24.3 Å². The summed E-state index contributed by atoms with van der Waals surface area (Å²) in [4.78, 5) is 23.5. The van der Waals surface area contributed by atoms with Crippen molar-refractivity contribution in [2.45, 2.75) is 13.8 Å². The number of carbonyl (C=O) groups excluding carboxylic acids is 1. The maximum atomic E-state index is 12.4. The highest BCUT2D eigenvalue weighted by atomic mass is 16.5. The Balaban J connectivity index is 2.13. The van der Waals surface area contributed by atoms with E-state index in [4.69, 9.17) is 14.6 Å². The number of carbonyl (C=O) groups is 2. The predicted molar refractivity (Wildman–Crippen MR) is 94.7 cm³/mol. The van der Waals surface area contributed by atoms with E-state index in [2.05, 4.69) is 19.2 Å². The molecular formula is C19H21NO5. The van der Waals surface area contributed by atoms with Crippen LogP contribution in [0.1, 0.15) is 34.6 Å². The van der Waals surface area contributed by atoms with Crippen molar-refractivity contribution in [2.24, 2.45) is 5.92 Å². The second-order valence-electron chi connectivity index (χ2n) is 5.90. The van der Waals surface area contributed by atoms with Gasteiger partial charge in [-0.2, -0.15) is 0 Å². The van der Waals surface area contributed by atoms with Gasteiger partial charge < -0.3 is 19.9 Å². The number of carboxylic acids is 1. The zero-order valence-corrected chi connectivity index (χ0v) is 14.4. The fraction of sp³-hybridized carbons (Fsp3) is 0.263. The van der Waals surface area contributed by atoms with Crippen LogP contribution in [0.2, 0.25) is 0 Å². The lowest BCUT2D eigenvalue weighted by Gasteiger charge is -2.12. The molecular weight excluding hydrogens is 322 g/mol. The monoisotopic (exact) mass is 343 g/mol. The van der Waals surface area contributed by atoms with E-state index in [0.717, 1.165) is 0 Å². The third-order valence-electron chi connectivity index (χ3n) is 3.39. The second kappa shape index (κ2) is 8.19. The number of ether oxygens (including phenoxy) is 2. The minimum Gasteiger partial charge on any atom is -0.495 e. The molecule has 0 atom stereocenters. The summed E-state index contributed by atoms with van der Waals surface area (Å²) in [5, 5.41) is 11.8. The summed E-state index contributed by atoms with van der Waals surface area (Å²) >= 11 is 0. The fourth-order valence-electron chi connectivity index (χ4n) is 2.10. The van der Waals surface area contributed by atoms with Crippen LogP contribution in [-0.4, -0.2) is 30.7 Å². The van der Waals surface area contributed by atoms with Gasteiger partial charge in [-0.15, -0.1) is 0 Å². The van der Waals surface area contributed by atoms with Gasteiger partial charge in [0.2, 0.25) is 0 Å². The molecule has 25 heavy (non-hydrogen) atoms. The van der Waals surface area contributed by atoms with Crippen LogP contribution in [0.25, 0.3) is 0 Å². The van der Waals surface area contributed by atoms with Crippen molar-refractivity contribution in [1.29, 1.82) is 0 Å². The van der Waals surface area contributed by atoms with Crippen molar-refractivity contribution in [3.8, 4) is 11.5 Å². The molecule has 0 spiro atoms. The highest BCUT2D eigenvalue weighted by Gasteiger charge is 2.13. The number of amides is 1. The number of benzene rings is 2. The smallest absolute Gasteiger partial charge is 0.335 e. The first-order valence-corrected chi connectivity index (χ1v) is 7.86. The predicted octanol–water partition coefficient (Wildman–Crippen LogP) is 3.68. The third-order valence-corrected chi connectivity index (χ3v) is 3.39. The summed E-state index contributed by atoms with van der Waals surface area (Å²) in [6.07, 6.45) is 0. The molecule has 132 valence electrons. The van der Waals surface area contributed by atoms with Gasteiger partial charge in [0.15, 0.2) is 0 Å². The van der Waals surface area contributed by atoms with Gasteiger partial charge in [0, 0.05) is 5.56 Å². The molecule has 0 heterocycles. The van der Waals surface area contributed by atoms with Crippen molar-refractivity contribution < 1.29 is 24.2 Å². The molecule has 0 aromatic heterocycles. The van der Waals surface area contributed by atoms with Crippen molar-refractivity contribution >= 4 is 17.6 Å². The Morgan fingerprint density at radius 1 is 1.08 bits per heavy atom. The molecule has 2 aromatic carbocycles. The molecule has 2 rings (SSSR count). The quantitative estimate of drug-likeness (QED) is 0.801. The molecule has 6 nitrogen and oxygen atoms in total. The van der Waals surface area contributed by atoms with E-state index >= 15 is 0 Å². The molecule has 0 aliphatic rings. The van der Waals surface area contributed by atoms with Crippen LogP contribution in [0.5, 0.6) is 11.5 Å². The van der Waals surface area contributed by atoms with Gasteiger partial charge in [0.25, 0.3) is 5.91 Å². The SMILES string of the molecule is COc1ccc(C(=O)O)cc1NC(=O)c1ccc(OCC(C)C)cc1. The van der Waals surface area contributed by atoms with E-state index in [-0.39, 0.29) is 11.5 Å². The van der Waals surface area contributed by atoms with E-state index in [1.807, 2.05) is 0 Å². The third kappa shape index (κ3) is 4.97. The zero-order chi connectivity index (χ0) is 18.4. The maximum absolute atomic E-state index is 12.4. The van der Waals surface area contributed by atoms with Crippen LogP contribution < -0.4 is 14.8 Å². The summed E-state index contributed by atoms with van der Waals surface area (Å²) < 4.78 is 10.7. The summed E-state index contributed by atoms with van der Waals surface area (Å²) in [7, 11) is 1.45. The number of hydrogen-bond donors (Lipinski definition) is 2. The number of hydrogen-bond acceptors (Lipinski definition) is 4. The summed E-state index contributed by atoms with van der Waals surface area (Å²) in [6.45, 7) is 4.71. The van der Waals surface area contributed by atoms with Crippen molar-refractivity contribution in [2.75, 3.05) is 19.0 Å². The van der Waals surface area contributed by atoms with E-state index < -0.39 is 5.97 Å². The number of anilines is 1. The van der Waals surface area contributed by atoms with Crippen molar-refractivity contribution in [3.63, 3.8) is 0 Å². The van der Waals surface area contributed by atoms with Gasteiger partial charge in [-0.05, 0) is 48.4 Å². The Morgan fingerprint density at radius 3 is 2.28 bits per heavy atom. The van der Waals surface area contributed by atoms with Gasteiger partial charge in [-0.1, -0.05) is 13.8 Å². The van der Waals surface area contributed by atoms with Crippen LogP contribution in [0.3, 0.4) is 0 Å². The average Bonchev–Trinajstić information content (AvgIpc) is 2.60. The number of nitrogens with one attached hydrogen (secondary N) is 1. The van der Waals surface area contributed by atoms with Gasteiger partial charge in [-0.3, -0.25) is 4.79 Å². The lowest BCUT2D eigenvalue weighted by molar-refractivity contribution is 0.0696. The number of carboxylic acid groups (broad SMARTS) is 1. The van der Waals surface area contributed by atoms with Crippen LogP contribution in [0.15, 0.2) is 42.5 Å². The molecule has 6 heteroatoms. The zero-order valence-electron chi connectivity index (χ0n) is 14.4. The molecule has 0 fully saturated rings. The number of rotatable bonds is 7. The second-order valence-corrected chi connectivity index (χ2v) is 5.90. The molecule has 0 aliphatic heterocycles. The number of aromatic carboxylic acids is 1. The molecule has 0 saturated heterocycles. The molecule has 0 bridgehead atoms. The first-order chi connectivity index (χ1) is 11.9. The molecule has 0 saturated carbocycles. The lowest BCUT2D eigenvalue weighted by atomic mass is 10.1. The Morgan fingerprint density at radius 2 is 1.72 bits per heavy atom. The molecule has 2 N–H and O–H groups in total. The normalized spacial score (nSPS) is 10.4. The lowest BCUT2D eigenvalue weighted by Crippen LogP contribution is -2.13. The molecule has 1 amide bonds. The Labute approximate surface area is 146 Å². The minimum atomic E-state index is -1.08. The Kier molecular flexibility index (Phi) is 6.00. The summed E-state index contributed by atoms with van der Waals surface area (Å²) in [5.74, 6) is 0.0453. The minimum absolute atomic E-state index is 0.0635. The molecule has 0 unspecified atom stereocenters. The van der Waals surface area contributed by atoms with Crippen molar-refractivity contribution in [1.82, 2.24) is 0 Å². The summed E-state index contributed by atoms with van der Waals surface area (Å²) in [5.41, 5.74) is 0.792. The molecule has 0 aliphatic carbocycles. The number of methoxy groups -OCH3 is 1. The molecule has 0 radical (unpaired) electrons. The topological polar surface area (TPSA) is 84.9 Å². The highest BCUT2D eigenvalue weighted by molar-refractivity contribution is 6.05. The Bertz CT molecular complexity index is 753. The van der Waals surface area contributed by atoms with E-state index in [9.17, 15) is 9.59 Å².